The van der Waals surface area contributed by atoms with Crippen LogP contribution in [0.2, 0.25) is 0 Å². The lowest BCUT2D eigenvalue weighted by Gasteiger charge is -2.08. The SMILES string of the molecule is Cc1ccc(C(=O)NCCCNC2CC2)c(Br)c1. The number of hydrogen-bond acceptors (Lipinski definition) is 2. The van der Waals surface area contributed by atoms with Gasteiger partial charge < -0.3 is 10.6 Å². The number of carbonyl (C=O) groups is 1. The molecule has 4 heteroatoms. The van der Waals surface area contributed by atoms with Gasteiger partial charge in [-0.2, -0.15) is 0 Å². The van der Waals surface area contributed by atoms with Crippen LogP contribution in [0.5, 0.6) is 0 Å². The van der Waals surface area contributed by atoms with Crippen molar-refractivity contribution in [3.8, 4) is 0 Å². The molecule has 0 aromatic heterocycles. The number of hydrogen-bond donors (Lipinski definition) is 2. The van der Waals surface area contributed by atoms with Gasteiger partial charge in [-0.1, -0.05) is 6.07 Å². The molecule has 0 saturated heterocycles. The van der Waals surface area contributed by atoms with Gasteiger partial charge in [-0.05, 0) is 66.4 Å². The molecule has 0 atom stereocenters. The molecule has 0 unspecified atom stereocenters. The van der Waals surface area contributed by atoms with E-state index in [1.807, 2.05) is 25.1 Å². The molecule has 0 spiro atoms. The first-order valence-corrected chi connectivity index (χ1v) is 7.24. The molecule has 0 heterocycles. The highest BCUT2D eigenvalue weighted by Crippen LogP contribution is 2.19. The van der Waals surface area contributed by atoms with Gasteiger partial charge >= 0.3 is 0 Å². The Labute approximate surface area is 116 Å². The highest BCUT2D eigenvalue weighted by atomic mass is 79.9. The summed E-state index contributed by atoms with van der Waals surface area (Å²) in [5, 5.41) is 6.37. The molecule has 0 bridgehead atoms. The molecule has 0 aliphatic heterocycles. The third-order valence-electron chi connectivity index (χ3n) is 3.02. The van der Waals surface area contributed by atoms with Crippen molar-refractivity contribution in [1.29, 1.82) is 0 Å². The van der Waals surface area contributed by atoms with Crippen LogP contribution in [0.15, 0.2) is 22.7 Å². The van der Waals surface area contributed by atoms with Crippen LogP contribution in [0.3, 0.4) is 0 Å². The molecule has 2 N–H and O–H groups in total. The number of carbonyl (C=O) groups excluding carboxylic acids is 1. The van der Waals surface area contributed by atoms with Gasteiger partial charge in [-0.3, -0.25) is 4.79 Å². The number of nitrogens with one attached hydrogen (secondary N) is 2. The van der Waals surface area contributed by atoms with Crippen LogP contribution in [0.25, 0.3) is 0 Å². The Bertz CT molecular complexity index is 430. The summed E-state index contributed by atoms with van der Waals surface area (Å²) in [5.41, 5.74) is 1.85. The van der Waals surface area contributed by atoms with Gasteiger partial charge in [-0.15, -0.1) is 0 Å². The number of benzene rings is 1. The van der Waals surface area contributed by atoms with Crippen LogP contribution in [0.1, 0.15) is 35.2 Å². The molecule has 98 valence electrons. The second-order valence-electron chi connectivity index (χ2n) is 4.82. The summed E-state index contributed by atoms with van der Waals surface area (Å²) in [6, 6.07) is 6.52. The lowest BCUT2D eigenvalue weighted by molar-refractivity contribution is 0.0952. The lowest BCUT2D eigenvalue weighted by atomic mass is 10.1. The number of amides is 1. The Hall–Kier alpha value is -0.870. The minimum absolute atomic E-state index is 0.00621. The van der Waals surface area contributed by atoms with E-state index in [1.165, 1.54) is 12.8 Å². The molecule has 2 rings (SSSR count). The largest absolute Gasteiger partial charge is 0.352 e. The first kappa shape index (κ1) is 13.6. The average molecular weight is 311 g/mol. The van der Waals surface area contributed by atoms with Gasteiger partial charge in [0.15, 0.2) is 0 Å². The highest BCUT2D eigenvalue weighted by Gasteiger charge is 2.19. The van der Waals surface area contributed by atoms with Crippen molar-refractivity contribution in [2.24, 2.45) is 0 Å². The summed E-state index contributed by atoms with van der Waals surface area (Å²) in [4.78, 5) is 11.9. The predicted molar refractivity (Wildman–Crippen MR) is 76.9 cm³/mol. The normalized spacial score (nSPS) is 14.6. The first-order valence-electron chi connectivity index (χ1n) is 6.44. The monoisotopic (exact) mass is 310 g/mol. The maximum atomic E-state index is 11.9. The van der Waals surface area contributed by atoms with Crippen molar-refractivity contribution < 1.29 is 4.79 Å². The van der Waals surface area contributed by atoms with Crippen LogP contribution in [-0.2, 0) is 0 Å². The van der Waals surface area contributed by atoms with E-state index in [0.29, 0.717) is 5.56 Å². The van der Waals surface area contributed by atoms with Gasteiger partial charge in [0.1, 0.15) is 0 Å². The van der Waals surface area contributed by atoms with E-state index in [0.717, 1.165) is 35.6 Å². The highest BCUT2D eigenvalue weighted by molar-refractivity contribution is 9.10. The van der Waals surface area contributed by atoms with Gasteiger partial charge in [0.2, 0.25) is 0 Å². The van der Waals surface area contributed by atoms with Crippen molar-refractivity contribution in [3.05, 3.63) is 33.8 Å². The summed E-state index contributed by atoms with van der Waals surface area (Å²) in [6.45, 7) is 3.72. The molecule has 0 radical (unpaired) electrons. The number of rotatable bonds is 6. The summed E-state index contributed by atoms with van der Waals surface area (Å²) in [6.07, 6.45) is 3.59. The average Bonchev–Trinajstić information content (AvgIpc) is 3.12. The quantitative estimate of drug-likeness (QED) is 0.793. The van der Waals surface area contributed by atoms with Gasteiger partial charge in [0.25, 0.3) is 5.91 Å². The van der Waals surface area contributed by atoms with Crippen molar-refractivity contribution in [3.63, 3.8) is 0 Å². The molecule has 1 aliphatic rings. The summed E-state index contributed by atoms with van der Waals surface area (Å²) in [5.74, 6) is -0.00621. The summed E-state index contributed by atoms with van der Waals surface area (Å²) in [7, 11) is 0. The molecule has 1 amide bonds. The fourth-order valence-corrected chi connectivity index (χ4v) is 2.46. The molecule has 1 aromatic carbocycles. The molecule has 1 aromatic rings. The van der Waals surface area contributed by atoms with E-state index in [4.69, 9.17) is 0 Å². The number of halogens is 1. The fourth-order valence-electron chi connectivity index (χ4n) is 1.78. The smallest absolute Gasteiger partial charge is 0.252 e. The van der Waals surface area contributed by atoms with Crippen molar-refractivity contribution in [1.82, 2.24) is 10.6 Å². The zero-order valence-corrected chi connectivity index (χ0v) is 12.2. The van der Waals surface area contributed by atoms with E-state index in [9.17, 15) is 4.79 Å². The number of aryl methyl sites for hydroxylation is 1. The van der Waals surface area contributed by atoms with Crippen LogP contribution in [-0.4, -0.2) is 25.0 Å². The maximum absolute atomic E-state index is 11.9. The van der Waals surface area contributed by atoms with Crippen LogP contribution >= 0.6 is 15.9 Å². The maximum Gasteiger partial charge on any atom is 0.252 e. The molecule has 1 fully saturated rings. The molecule has 3 nitrogen and oxygen atoms in total. The van der Waals surface area contributed by atoms with E-state index in [-0.39, 0.29) is 5.91 Å². The predicted octanol–water partition coefficient (Wildman–Crippen LogP) is 2.63. The Balaban J connectivity index is 1.72. The van der Waals surface area contributed by atoms with Gasteiger partial charge in [0, 0.05) is 17.1 Å². The van der Waals surface area contributed by atoms with E-state index in [1.54, 1.807) is 0 Å². The zero-order valence-electron chi connectivity index (χ0n) is 10.6. The Morgan fingerprint density at radius 2 is 2.17 bits per heavy atom. The Kier molecular flexibility index (Phi) is 4.78. The first-order chi connectivity index (χ1) is 8.66. The third kappa shape index (κ3) is 4.10. The zero-order chi connectivity index (χ0) is 13.0. The second-order valence-corrected chi connectivity index (χ2v) is 5.68. The molecule has 1 saturated carbocycles. The third-order valence-corrected chi connectivity index (χ3v) is 3.67. The van der Waals surface area contributed by atoms with E-state index >= 15 is 0 Å². The van der Waals surface area contributed by atoms with Crippen LogP contribution < -0.4 is 10.6 Å². The van der Waals surface area contributed by atoms with Crippen molar-refractivity contribution in [2.45, 2.75) is 32.2 Å². The van der Waals surface area contributed by atoms with E-state index in [2.05, 4.69) is 26.6 Å². The fraction of sp³-hybridized carbons (Fsp3) is 0.500. The van der Waals surface area contributed by atoms with E-state index < -0.39 is 0 Å². The van der Waals surface area contributed by atoms with Gasteiger partial charge in [0.05, 0.1) is 5.56 Å². The standard InChI is InChI=1S/C14H19BrN2O/c1-10-3-6-12(13(15)9-10)14(18)17-8-2-7-16-11-4-5-11/h3,6,9,11,16H,2,4-5,7-8H2,1H3,(H,17,18). The molecular formula is C14H19BrN2O. The van der Waals surface area contributed by atoms with Crippen molar-refractivity contribution >= 4 is 21.8 Å². The molecular weight excluding hydrogens is 292 g/mol. The second kappa shape index (κ2) is 6.34. The minimum Gasteiger partial charge on any atom is -0.352 e. The minimum atomic E-state index is -0.00621. The summed E-state index contributed by atoms with van der Waals surface area (Å²) < 4.78 is 0.858. The lowest BCUT2D eigenvalue weighted by Crippen LogP contribution is -2.28. The molecule has 1 aliphatic carbocycles. The summed E-state index contributed by atoms with van der Waals surface area (Å²) >= 11 is 3.42. The molecule has 18 heavy (non-hydrogen) atoms. The van der Waals surface area contributed by atoms with Crippen LogP contribution in [0.4, 0.5) is 0 Å². The Morgan fingerprint density at radius 3 is 2.83 bits per heavy atom. The van der Waals surface area contributed by atoms with Crippen molar-refractivity contribution in [2.75, 3.05) is 13.1 Å². The van der Waals surface area contributed by atoms with Gasteiger partial charge in [-0.25, -0.2) is 0 Å². The Morgan fingerprint density at radius 1 is 1.39 bits per heavy atom. The topological polar surface area (TPSA) is 41.1 Å². The van der Waals surface area contributed by atoms with Crippen LogP contribution in [0, 0.1) is 6.92 Å².